The van der Waals surface area contributed by atoms with Crippen LogP contribution in [0.2, 0.25) is 0 Å². The van der Waals surface area contributed by atoms with E-state index in [1.807, 2.05) is 13.0 Å². The number of anilines is 2. The van der Waals surface area contributed by atoms with Crippen LogP contribution in [-0.4, -0.2) is 81.9 Å². The van der Waals surface area contributed by atoms with E-state index >= 15 is 0 Å². The van der Waals surface area contributed by atoms with Gasteiger partial charge >= 0.3 is 0 Å². The number of ether oxygens (including phenoxy) is 2. The largest absolute Gasteiger partial charge is 0.494 e. The zero-order valence-corrected chi connectivity index (χ0v) is 22.7. The average molecular weight is 571 g/mol. The summed E-state index contributed by atoms with van der Waals surface area (Å²) in [6.45, 7) is 1.92. The Labute approximate surface area is 229 Å². The molecule has 3 aromatic heterocycles. The lowest BCUT2D eigenvalue weighted by molar-refractivity contribution is 0.154. The standard InChI is InChI=1S/C25H27FN8O5S/c1-15-7-16(10-27-9-15)23-30-31-25(34(23)22-20(38-2)5-4-6-21(22)39-3)32-40(36,37)19-8-18(35)13-33(14-19)24-28-11-17(26)12-29-24/h4-7,9-12,18-19,35H,8,13-14H2,1-3H3,(H,31,32)/t18-,19+/m1/s1. The number of nitrogens with one attached hydrogen (secondary N) is 1. The molecule has 1 saturated heterocycles. The van der Waals surface area contributed by atoms with Gasteiger partial charge in [-0.1, -0.05) is 6.07 Å². The molecule has 2 atom stereocenters. The third-order valence-electron chi connectivity index (χ3n) is 6.37. The maximum Gasteiger partial charge on any atom is 0.243 e. The fourth-order valence-corrected chi connectivity index (χ4v) is 5.98. The first kappa shape index (κ1) is 27.2. The van der Waals surface area contributed by atoms with Gasteiger partial charge in [0.2, 0.25) is 21.9 Å². The van der Waals surface area contributed by atoms with Gasteiger partial charge < -0.3 is 19.5 Å². The summed E-state index contributed by atoms with van der Waals surface area (Å²) >= 11 is 0. The highest BCUT2D eigenvalue weighted by Gasteiger charge is 2.37. The van der Waals surface area contributed by atoms with E-state index in [4.69, 9.17) is 9.47 Å². The van der Waals surface area contributed by atoms with Crippen molar-refractivity contribution in [3.05, 3.63) is 60.4 Å². The Morgan fingerprint density at radius 2 is 1.75 bits per heavy atom. The molecule has 1 fully saturated rings. The molecular formula is C25H27FN8O5S. The number of benzene rings is 1. The molecule has 0 radical (unpaired) electrons. The summed E-state index contributed by atoms with van der Waals surface area (Å²) in [5, 5.41) is 17.9. The predicted octanol–water partition coefficient (Wildman–Crippen LogP) is 1.97. The minimum absolute atomic E-state index is 0.0429. The summed E-state index contributed by atoms with van der Waals surface area (Å²) in [6.07, 6.45) is 4.19. The summed E-state index contributed by atoms with van der Waals surface area (Å²) in [4.78, 5) is 13.6. The normalized spacial score (nSPS) is 17.5. The second-order valence-corrected chi connectivity index (χ2v) is 11.2. The van der Waals surface area contributed by atoms with E-state index in [9.17, 15) is 17.9 Å². The molecule has 5 rings (SSSR count). The monoisotopic (exact) mass is 570 g/mol. The van der Waals surface area contributed by atoms with Crippen LogP contribution in [-0.2, 0) is 10.0 Å². The first-order valence-corrected chi connectivity index (χ1v) is 13.8. The molecule has 40 heavy (non-hydrogen) atoms. The summed E-state index contributed by atoms with van der Waals surface area (Å²) < 4.78 is 56.0. The number of sulfonamides is 1. The van der Waals surface area contributed by atoms with Crippen LogP contribution in [0.4, 0.5) is 16.3 Å². The van der Waals surface area contributed by atoms with Crippen LogP contribution >= 0.6 is 0 Å². The fraction of sp³-hybridized carbons (Fsp3) is 0.320. The number of β-amino-alcohol motifs (C(OH)–C–C–N with tert-alkyl or cyclic N) is 1. The second-order valence-electron chi connectivity index (χ2n) is 9.21. The van der Waals surface area contributed by atoms with Crippen molar-refractivity contribution >= 4 is 21.9 Å². The number of methoxy groups -OCH3 is 2. The minimum atomic E-state index is -4.17. The van der Waals surface area contributed by atoms with Gasteiger partial charge in [0, 0.05) is 31.0 Å². The average Bonchev–Trinajstić information content (AvgIpc) is 3.34. The van der Waals surface area contributed by atoms with Crippen molar-refractivity contribution in [2.24, 2.45) is 0 Å². The highest BCUT2D eigenvalue weighted by atomic mass is 32.2. The van der Waals surface area contributed by atoms with E-state index in [1.165, 1.54) is 23.7 Å². The molecule has 15 heteroatoms. The van der Waals surface area contributed by atoms with Crippen LogP contribution in [0.1, 0.15) is 12.0 Å². The molecule has 0 aliphatic carbocycles. The van der Waals surface area contributed by atoms with Gasteiger partial charge in [-0.3, -0.25) is 14.3 Å². The number of piperidine rings is 1. The lowest BCUT2D eigenvalue weighted by Gasteiger charge is -2.35. The van der Waals surface area contributed by atoms with E-state index < -0.39 is 27.2 Å². The van der Waals surface area contributed by atoms with E-state index in [2.05, 4.69) is 29.9 Å². The van der Waals surface area contributed by atoms with Gasteiger partial charge in [-0.15, -0.1) is 10.2 Å². The van der Waals surface area contributed by atoms with Gasteiger partial charge in [-0.05, 0) is 37.1 Å². The number of para-hydroxylation sites is 1. The Bertz CT molecular complexity index is 1590. The number of aliphatic hydroxyl groups excluding tert-OH is 1. The van der Waals surface area contributed by atoms with E-state index in [-0.39, 0.29) is 31.4 Å². The van der Waals surface area contributed by atoms with Crippen molar-refractivity contribution in [1.29, 1.82) is 0 Å². The highest BCUT2D eigenvalue weighted by Crippen LogP contribution is 2.38. The summed E-state index contributed by atoms with van der Waals surface area (Å²) in [5.74, 6) is 0.420. The highest BCUT2D eigenvalue weighted by molar-refractivity contribution is 7.93. The second kappa shape index (κ2) is 11.0. The van der Waals surface area contributed by atoms with Crippen LogP contribution in [0, 0.1) is 12.7 Å². The van der Waals surface area contributed by atoms with Crippen LogP contribution in [0.25, 0.3) is 17.1 Å². The number of rotatable bonds is 8. The van der Waals surface area contributed by atoms with Crippen LogP contribution in [0.3, 0.4) is 0 Å². The number of aromatic nitrogens is 6. The summed E-state index contributed by atoms with van der Waals surface area (Å²) in [7, 11) is -1.20. The summed E-state index contributed by atoms with van der Waals surface area (Å²) in [6, 6.07) is 6.98. The first-order valence-electron chi connectivity index (χ1n) is 12.2. The molecule has 1 aromatic carbocycles. The Morgan fingerprint density at radius 1 is 1.05 bits per heavy atom. The van der Waals surface area contributed by atoms with Crippen molar-refractivity contribution < 1.29 is 27.4 Å². The van der Waals surface area contributed by atoms with Gasteiger partial charge in [0.15, 0.2) is 11.6 Å². The van der Waals surface area contributed by atoms with Crippen LogP contribution in [0.5, 0.6) is 11.5 Å². The molecule has 0 unspecified atom stereocenters. The Kier molecular flexibility index (Phi) is 7.49. The zero-order valence-electron chi connectivity index (χ0n) is 21.9. The number of aliphatic hydroxyl groups is 1. The number of pyridine rings is 1. The van der Waals surface area contributed by atoms with Gasteiger partial charge in [0.05, 0.1) is 32.7 Å². The molecule has 0 amide bonds. The molecule has 1 aliphatic heterocycles. The fourth-order valence-electron chi connectivity index (χ4n) is 4.57. The summed E-state index contributed by atoms with van der Waals surface area (Å²) in [5.41, 5.74) is 1.82. The Balaban J connectivity index is 1.57. The molecular weight excluding hydrogens is 543 g/mol. The van der Waals surface area contributed by atoms with Crippen molar-refractivity contribution in [2.75, 3.05) is 36.9 Å². The van der Waals surface area contributed by atoms with Crippen molar-refractivity contribution in [3.8, 4) is 28.6 Å². The lowest BCUT2D eigenvalue weighted by atomic mass is 10.1. The third kappa shape index (κ3) is 5.37. The zero-order chi connectivity index (χ0) is 28.4. The maximum atomic E-state index is 13.7. The SMILES string of the molecule is COc1cccc(OC)c1-n1c(NS(=O)(=O)[C@H]2C[C@@H](O)CN(c3ncc(F)cn3)C2)nnc1-c1cncc(C)c1. The quantitative estimate of drug-likeness (QED) is 0.319. The smallest absolute Gasteiger partial charge is 0.243 e. The number of halogens is 1. The van der Waals surface area contributed by atoms with Crippen LogP contribution in [0.15, 0.2) is 49.1 Å². The number of hydrogen-bond acceptors (Lipinski definition) is 11. The van der Waals surface area contributed by atoms with Gasteiger partial charge in [0.1, 0.15) is 22.4 Å². The molecule has 4 aromatic rings. The van der Waals surface area contributed by atoms with Crippen LogP contribution < -0.4 is 19.1 Å². The molecule has 0 spiro atoms. The van der Waals surface area contributed by atoms with E-state index in [1.54, 1.807) is 30.6 Å². The molecule has 0 saturated carbocycles. The van der Waals surface area contributed by atoms with Crippen molar-refractivity contribution in [2.45, 2.75) is 24.7 Å². The molecule has 4 heterocycles. The topological polar surface area (TPSA) is 157 Å². The van der Waals surface area contributed by atoms with E-state index in [0.29, 0.717) is 28.6 Å². The maximum absolute atomic E-state index is 13.7. The number of nitrogens with zero attached hydrogens (tertiary/aromatic N) is 7. The van der Waals surface area contributed by atoms with Gasteiger partial charge in [-0.2, -0.15) is 0 Å². The predicted molar refractivity (Wildman–Crippen MR) is 144 cm³/mol. The molecule has 210 valence electrons. The molecule has 13 nitrogen and oxygen atoms in total. The lowest BCUT2D eigenvalue weighted by Crippen LogP contribution is -2.50. The third-order valence-corrected chi connectivity index (χ3v) is 8.06. The van der Waals surface area contributed by atoms with Crippen molar-refractivity contribution in [1.82, 2.24) is 29.7 Å². The number of hydrogen-bond donors (Lipinski definition) is 2. The number of aryl methyl sites for hydroxylation is 1. The first-order chi connectivity index (χ1) is 19.2. The molecule has 2 N–H and O–H groups in total. The Morgan fingerprint density at radius 3 is 2.40 bits per heavy atom. The molecule has 0 bridgehead atoms. The Hall–Kier alpha value is -4.37. The minimum Gasteiger partial charge on any atom is -0.494 e. The van der Waals surface area contributed by atoms with Gasteiger partial charge in [0.25, 0.3) is 0 Å². The van der Waals surface area contributed by atoms with Crippen molar-refractivity contribution in [3.63, 3.8) is 0 Å². The van der Waals surface area contributed by atoms with Gasteiger partial charge in [-0.25, -0.2) is 22.8 Å². The molecule has 1 aliphatic rings. The van der Waals surface area contributed by atoms with E-state index in [0.717, 1.165) is 18.0 Å².